The Morgan fingerprint density at radius 3 is 2.67 bits per heavy atom. The van der Waals surface area contributed by atoms with Crippen LogP contribution in [0.2, 0.25) is 5.02 Å². The lowest BCUT2D eigenvalue weighted by Gasteiger charge is -2.20. The summed E-state index contributed by atoms with van der Waals surface area (Å²) in [4.78, 5) is 7.94. The van der Waals surface area contributed by atoms with Gasteiger partial charge in [0.2, 0.25) is 0 Å². The highest BCUT2D eigenvalue weighted by molar-refractivity contribution is 8.03. The Morgan fingerprint density at radius 1 is 1.21 bits per heavy atom. The van der Waals surface area contributed by atoms with Gasteiger partial charge in [0.05, 0.1) is 16.5 Å². The molecule has 2 heterocycles. The van der Waals surface area contributed by atoms with E-state index < -0.39 is 10.1 Å². The van der Waals surface area contributed by atoms with Crippen LogP contribution in [0.3, 0.4) is 0 Å². The number of halogens is 1. The molecule has 0 spiro atoms. The van der Waals surface area contributed by atoms with Crippen LogP contribution in [0.5, 0.6) is 0 Å². The van der Waals surface area contributed by atoms with Gasteiger partial charge in [-0.25, -0.2) is 0 Å². The Labute approximate surface area is 207 Å². The molecule has 0 atom stereocenters. The van der Waals surface area contributed by atoms with Gasteiger partial charge in [-0.1, -0.05) is 41.6 Å². The molecule has 4 rings (SSSR count). The number of para-hydroxylation sites is 1. The number of hydrogen-bond acceptors (Lipinski definition) is 6. The Morgan fingerprint density at radius 2 is 1.97 bits per heavy atom. The van der Waals surface area contributed by atoms with Crippen LogP contribution in [0.4, 0.5) is 5.69 Å². The zero-order chi connectivity index (χ0) is 23.6. The van der Waals surface area contributed by atoms with Gasteiger partial charge in [-0.05, 0) is 66.7 Å². The minimum Gasteiger partial charge on any atom is -0.335 e. The zero-order valence-corrected chi connectivity index (χ0v) is 21.3. The van der Waals surface area contributed by atoms with Crippen molar-refractivity contribution in [2.75, 3.05) is 23.5 Å². The predicted octanol–water partition coefficient (Wildman–Crippen LogP) is 5.23. The molecular weight excluding hydrogens is 498 g/mol. The number of aromatic nitrogens is 2. The highest BCUT2D eigenvalue weighted by Crippen LogP contribution is 2.47. The third kappa shape index (κ3) is 5.73. The van der Waals surface area contributed by atoms with Crippen LogP contribution in [0.25, 0.3) is 11.8 Å². The highest BCUT2D eigenvalue weighted by Gasteiger charge is 2.27. The molecule has 33 heavy (non-hydrogen) atoms. The number of fused-ring (bicyclic) bond motifs is 1. The summed E-state index contributed by atoms with van der Waals surface area (Å²) in [5.41, 5.74) is 3.83. The first-order valence-corrected chi connectivity index (χ1v) is 14.2. The van der Waals surface area contributed by atoms with E-state index in [0.29, 0.717) is 11.6 Å². The zero-order valence-electron chi connectivity index (χ0n) is 18.1. The van der Waals surface area contributed by atoms with E-state index in [4.69, 9.17) is 21.1 Å². The van der Waals surface area contributed by atoms with Gasteiger partial charge in [0.15, 0.2) is 5.69 Å². The summed E-state index contributed by atoms with van der Waals surface area (Å²) in [7, 11) is -4.02. The highest BCUT2D eigenvalue weighted by atomic mass is 35.5. The van der Waals surface area contributed by atoms with Gasteiger partial charge < -0.3 is 4.90 Å². The fourth-order valence-electron chi connectivity index (χ4n) is 3.67. The topological polar surface area (TPSA) is 74.4 Å². The summed E-state index contributed by atoms with van der Waals surface area (Å²) in [6.07, 6.45) is 4.30. The van der Waals surface area contributed by atoms with Crippen molar-refractivity contribution in [2.45, 2.75) is 23.4 Å². The van der Waals surface area contributed by atoms with Crippen LogP contribution in [0, 0.1) is 6.92 Å². The molecule has 0 radical (unpaired) electrons. The van der Waals surface area contributed by atoms with Crippen molar-refractivity contribution in [1.29, 1.82) is 0 Å². The van der Waals surface area contributed by atoms with Gasteiger partial charge in [0.1, 0.15) is 11.4 Å². The molecule has 0 fully saturated rings. The molecule has 10 heteroatoms. The summed E-state index contributed by atoms with van der Waals surface area (Å²) < 4.78 is 33.7. The van der Waals surface area contributed by atoms with Crippen molar-refractivity contribution < 1.29 is 17.5 Å². The minimum absolute atomic E-state index is 0.286. The van der Waals surface area contributed by atoms with Crippen molar-refractivity contribution in [1.82, 2.24) is 4.98 Å². The van der Waals surface area contributed by atoms with E-state index in [0.717, 1.165) is 37.8 Å². The molecule has 2 aromatic carbocycles. The van der Waals surface area contributed by atoms with Gasteiger partial charge in [-0.15, -0.1) is 0 Å². The van der Waals surface area contributed by atoms with Crippen molar-refractivity contribution in [3.8, 4) is 5.69 Å². The number of anilines is 1. The summed E-state index contributed by atoms with van der Waals surface area (Å²) in [5.74, 6) is -0.298. The van der Waals surface area contributed by atoms with E-state index in [-0.39, 0.29) is 12.2 Å². The van der Waals surface area contributed by atoms with E-state index in [1.165, 1.54) is 0 Å². The number of nitrogens with zero attached hydrogens (tertiary/aromatic N) is 3. The maximum Gasteiger partial charge on any atom is 0.364 e. The molecular formula is C23H23ClN3O3S3+. The number of rotatable bonds is 7. The molecule has 1 aliphatic rings. The molecule has 1 aliphatic heterocycles. The molecule has 172 valence electrons. The van der Waals surface area contributed by atoms with Gasteiger partial charge >= 0.3 is 5.16 Å². The SMILES string of the molecule is CSc1nc(/C=C2\Sc3ccc(Cl)cc3N2CCCS(=O)(=O)O)cc(C)[n+]1-c1ccccc1. The fraction of sp³-hybridized carbons (Fsp3) is 0.217. The second kappa shape index (κ2) is 10.1. The molecule has 1 aromatic heterocycles. The Bertz CT molecular complexity index is 1320. The number of aryl methyl sites for hydroxylation is 1. The van der Waals surface area contributed by atoms with E-state index >= 15 is 0 Å². The van der Waals surface area contributed by atoms with Crippen LogP contribution in [0.1, 0.15) is 17.8 Å². The third-order valence-electron chi connectivity index (χ3n) is 5.07. The summed E-state index contributed by atoms with van der Waals surface area (Å²) >= 11 is 9.39. The van der Waals surface area contributed by atoms with Crippen LogP contribution >= 0.6 is 35.1 Å². The minimum atomic E-state index is -4.02. The maximum absolute atomic E-state index is 11.2. The van der Waals surface area contributed by atoms with E-state index in [2.05, 4.69) is 23.6 Å². The lowest BCUT2D eigenvalue weighted by atomic mass is 10.2. The molecule has 0 amide bonds. The molecule has 0 aliphatic carbocycles. The van der Waals surface area contributed by atoms with Gasteiger partial charge in [-0.3, -0.25) is 4.55 Å². The number of hydrogen-bond donors (Lipinski definition) is 1. The second-order valence-electron chi connectivity index (χ2n) is 7.47. The standard InChI is InChI=1S/C23H22ClN3O3S3/c1-16-13-18(25-23(31-2)27(16)19-7-4-3-5-8-19)15-22-26(11-6-12-33(28,29)30)20-14-17(24)9-10-21(20)32-22/h3-5,7-10,13-15H,6,11-12H2,1-2H3/p+1. The van der Waals surface area contributed by atoms with E-state index in [1.54, 1.807) is 23.5 Å². The quantitative estimate of drug-likeness (QED) is 0.198. The molecule has 0 bridgehead atoms. The Hall–Kier alpha value is -2.04. The van der Waals surface area contributed by atoms with Gasteiger partial charge in [-0.2, -0.15) is 13.0 Å². The first kappa shape index (κ1) is 24.1. The average molecular weight is 521 g/mol. The largest absolute Gasteiger partial charge is 0.364 e. The summed E-state index contributed by atoms with van der Waals surface area (Å²) in [5, 5.41) is 2.41. The lowest BCUT2D eigenvalue weighted by Crippen LogP contribution is -2.38. The first-order chi connectivity index (χ1) is 15.7. The van der Waals surface area contributed by atoms with Crippen LogP contribution in [0.15, 0.2) is 69.7 Å². The van der Waals surface area contributed by atoms with Crippen molar-refractivity contribution in [3.05, 3.63) is 76.0 Å². The Kier molecular flexibility index (Phi) is 7.35. The molecule has 0 saturated heterocycles. The van der Waals surface area contributed by atoms with Crippen LogP contribution in [-0.2, 0) is 10.1 Å². The van der Waals surface area contributed by atoms with Gasteiger partial charge in [0, 0.05) is 28.6 Å². The lowest BCUT2D eigenvalue weighted by molar-refractivity contribution is -0.647. The van der Waals surface area contributed by atoms with Crippen molar-refractivity contribution >= 4 is 57.0 Å². The molecule has 0 saturated carbocycles. The van der Waals surface area contributed by atoms with E-state index in [9.17, 15) is 8.42 Å². The second-order valence-corrected chi connectivity index (χ2v) is 11.3. The van der Waals surface area contributed by atoms with E-state index in [1.807, 2.05) is 59.7 Å². The molecule has 3 aromatic rings. The predicted molar refractivity (Wildman–Crippen MR) is 136 cm³/mol. The van der Waals surface area contributed by atoms with Crippen LogP contribution < -0.4 is 9.47 Å². The monoisotopic (exact) mass is 520 g/mol. The Balaban J connectivity index is 1.71. The third-order valence-corrected chi connectivity index (χ3v) is 7.86. The molecule has 0 unspecified atom stereocenters. The normalized spacial score (nSPS) is 14.7. The fourth-order valence-corrected chi connectivity index (χ4v) is 6.07. The number of benzene rings is 2. The molecule has 1 N–H and O–H groups in total. The van der Waals surface area contributed by atoms with Crippen molar-refractivity contribution in [2.24, 2.45) is 0 Å². The van der Waals surface area contributed by atoms with Crippen molar-refractivity contribution in [3.63, 3.8) is 0 Å². The summed E-state index contributed by atoms with van der Waals surface area (Å²) in [6, 6.07) is 17.8. The number of thioether (sulfide) groups is 2. The average Bonchev–Trinajstić information content (AvgIpc) is 3.09. The van der Waals surface area contributed by atoms with Crippen LogP contribution in [-0.4, -0.2) is 36.5 Å². The summed E-state index contributed by atoms with van der Waals surface area (Å²) in [6.45, 7) is 2.48. The smallest absolute Gasteiger partial charge is 0.335 e. The molecule has 6 nitrogen and oxygen atoms in total. The maximum atomic E-state index is 11.2. The van der Waals surface area contributed by atoms with Gasteiger partial charge in [0.25, 0.3) is 10.1 Å². The first-order valence-electron chi connectivity index (χ1n) is 10.2.